The molecule has 0 bridgehead atoms. The molecule has 0 amide bonds. The first-order valence-electron chi connectivity index (χ1n) is 6.84. The van der Waals surface area contributed by atoms with E-state index >= 15 is 0 Å². The molecule has 2 rings (SSSR count). The standard InChI is InChI=1S/C16H24O/c1-12(2)10-14-7-4-8-15(11-14)16(17)9-5-6-13(16)3/h4,7-8,11-13,17H,5-6,9-10H2,1-3H3. The molecule has 17 heavy (non-hydrogen) atoms. The zero-order chi connectivity index (χ0) is 12.5. The molecular weight excluding hydrogens is 208 g/mol. The van der Waals surface area contributed by atoms with Crippen LogP contribution in [0.4, 0.5) is 0 Å². The summed E-state index contributed by atoms with van der Waals surface area (Å²) in [6.45, 7) is 6.64. The van der Waals surface area contributed by atoms with Crippen molar-refractivity contribution in [1.82, 2.24) is 0 Å². The molecule has 0 aromatic heterocycles. The van der Waals surface area contributed by atoms with Crippen molar-refractivity contribution in [2.75, 3.05) is 0 Å². The van der Waals surface area contributed by atoms with Crippen LogP contribution in [0.5, 0.6) is 0 Å². The maximum Gasteiger partial charge on any atom is 0.0922 e. The zero-order valence-corrected chi connectivity index (χ0v) is 11.2. The molecule has 1 nitrogen and oxygen atoms in total. The summed E-state index contributed by atoms with van der Waals surface area (Å²) in [5.41, 5.74) is 1.90. The third-order valence-electron chi connectivity index (χ3n) is 4.08. The Morgan fingerprint density at radius 2 is 2.18 bits per heavy atom. The van der Waals surface area contributed by atoms with Crippen LogP contribution in [-0.4, -0.2) is 5.11 Å². The van der Waals surface area contributed by atoms with E-state index in [0.29, 0.717) is 11.8 Å². The second-order valence-electron chi connectivity index (χ2n) is 6.02. The lowest BCUT2D eigenvalue weighted by atomic mass is 9.84. The van der Waals surface area contributed by atoms with Gasteiger partial charge in [-0.05, 0) is 48.6 Å². The van der Waals surface area contributed by atoms with Gasteiger partial charge in [-0.2, -0.15) is 0 Å². The smallest absolute Gasteiger partial charge is 0.0922 e. The SMILES string of the molecule is CC(C)Cc1cccc(C2(O)CCCC2C)c1. The molecule has 94 valence electrons. The van der Waals surface area contributed by atoms with Gasteiger partial charge in [0.15, 0.2) is 0 Å². The summed E-state index contributed by atoms with van der Waals surface area (Å²) >= 11 is 0. The van der Waals surface area contributed by atoms with Crippen molar-refractivity contribution in [3.05, 3.63) is 35.4 Å². The monoisotopic (exact) mass is 232 g/mol. The number of aliphatic hydroxyl groups is 1. The second-order valence-corrected chi connectivity index (χ2v) is 6.02. The van der Waals surface area contributed by atoms with Gasteiger partial charge in [-0.25, -0.2) is 0 Å². The van der Waals surface area contributed by atoms with Gasteiger partial charge < -0.3 is 5.11 Å². The van der Waals surface area contributed by atoms with Gasteiger partial charge in [-0.15, -0.1) is 0 Å². The molecule has 0 aliphatic heterocycles. The zero-order valence-electron chi connectivity index (χ0n) is 11.2. The highest BCUT2D eigenvalue weighted by atomic mass is 16.3. The first-order valence-corrected chi connectivity index (χ1v) is 6.84. The summed E-state index contributed by atoms with van der Waals surface area (Å²) in [7, 11) is 0. The predicted molar refractivity (Wildman–Crippen MR) is 71.9 cm³/mol. The van der Waals surface area contributed by atoms with Crippen molar-refractivity contribution in [3.63, 3.8) is 0 Å². The summed E-state index contributed by atoms with van der Waals surface area (Å²) in [5, 5.41) is 10.8. The Labute approximate surface area is 105 Å². The van der Waals surface area contributed by atoms with Gasteiger partial charge in [0.25, 0.3) is 0 Å². The van der Waals surface area contributed by atoms with Gasteiger partial charge in [0.05, 0.1) is 5.60 Å². The molecular formula is C16H24O. The summed E-state index contributed by atoms with van der Waals surface area (Å²) < 4.78 is 0. The van der Waals surface area contributed by atoms with Crippen LogP contribution in [-0.2, 0) is 12.0 Å². The normalized spacial score (nSPS) is 28.9. The fraction of sp³-hybridized carbons (Fsp3) is 0.625. The molecule has 1 aliphatic rings. The van der Waals surface area contributed by atoms with Crippen LogP contribution in [0.2, 0.25) is 0 Å². The van der Waals surface area contributed by atoms with E-state index in [1.807, 2.05) is 0 Å². The van der Waals surface area contributed by atoms with Crippen LogP contribution in [0.3, 0.4) is 0 Å². The van der Waals surface area contributed by atoms with Gasteiger partial charge in [0.2, 0.25) is 0 Å². The minimum atomic E-state index is -0.576. The Kier molecular flexibility index (Phi) is 3.58. The first-order chi connectivity index (χ1) is 8.02. The number of hydrogen-bond donors (Lipinski definition) is 1. The van der Waals surface area contributed by atoms with Crippen molar-refractivity contribution in [2.24, 2.45) is 11.8 Å². The lowest BCUT2D eigenvalue weighted by Gasteiger charge is -2.28. The van der Waals surface area contributed by atoms with E-state index in [9.17, 15) is 5.11 Å². The van der Waals surface area contributed by atoms with E-state index in [2.05, 4.69) is 45.0 Å². The lowest BCUT2D eigenvalue weighted by Crippen LogP contribution is -2.28. The molecule has 0 radical (unpaired) electrons. The molecule has 1 N–H and O–H groups in total. The van der Waals surface area contributed by atoms with E-state index in [1.54, 1.807) is 0 Å². The highest BCUT2D eigenvalue weighted by molar-refractivity contribution is 5.30. The van der Waals surface area contributed by atoms with E-state index in [0.717, 1.165) is 31.2 Å². The van der Waals surface area contributed by atoms with E-state index in [1.165, 1.54) is 5.56 Å². The number of benzene rings is 1. The Morgan fingerprint density at radius 3 is 2.76 bits per heavy atom. The van der Waals surface area contributed by atoms with Crippen LogP contribution in [0.15, 0.2) is 24.3 Å². The average Bonchev–Trinajstić information content (AvgIpc) is 2.60. The summed E-state index contributed by atoms with van der Waals surface area (Å²) in [6, 6.07) is 8.57. The molecule has 2 unspecified atom stereocenters. The Balaban J connectivity index is 2.26. The second kappa shape index (κ2) is 4.81. The lowest BCUT2D eigenvalue weighted by molar-refractivity contribution is 0.00441. The van der Waals surface area contributed by atoms with Crippen LogP contribution in [0, 0.1) is 11.8 Å². The predicted octanol–water partition coefficient (Wildman–Crippen LogP) is 3.89. The van der Waals surface area contributed by atoms with Gasteiger partial charge in [-0.3, -0.25) is 0 Å². The number of rotatable bonds is 3. The third-order valence-corrected chi connectivity index (χ3v) is 4.08. The van der Waals surface area contributed by atoms with Gasteiger partial charge >= 0.3 is 0 Å². The van der Waals surface area contributed by atoms with Gasteiger partial charge in [-0.1, -0.05) is 45.0 Å². The van der Waals surface area contributed by atoms with Gasteiger partial charge in [0.1, 0.15) is 0 Å². The summed E-state index contributed by atoms with van der Waals surface area (Å²) in [5.74, 6) is 1.05. The fourth-order valence-corrected chi connectivity index (χ4v) is 3.03. The maximum atomic E-state index is 10.8. The minimum Gasteiger partial charge on any atom is -0.385 e. The molecule has 0 spiro atoms. The molecule has 1 heteroatoms. The van der Waals surface area contributed by atoms with Crippen LogP contribution in [0.25, 0.3) is 0 Å². The van der Waals surface area contributed by atoms with Crippen molar-refractivity contribution in [2.45, 2.75) is 52.1 Å². The van der Waals surface area contributed by atoms with Crippen molar-refractivity contribution in [3.8, 4) is 0 Å². The first kappa shape index (κ1) is 12.6. The molecule has 0 heterocycles. The molecule has 2 atom stereocenters. The molecule has 1 aliphatic carbocycles. The minimum absolute atomic E-state index is 0.386. The molecule has 1 aromatic carbocycles. The largest absolute Gasteiger partial charge is 0.385 e. The Hall–Kier alpha value is -0.820. The molecule has 1 aromatic rings. The Morgan fingerprint density at radius 1 is 1.41 bits per heavy atom. The van der Waals surface area contributed by atoms with Crippen molar-refractivity contribution in [1.29, 1.82) is 0 Å². The fourth-order valence-electron chi connectivity index (χ4n) is 3.03. The highest BCUT2D eigenvalue weighted by Crippen LogP contribution is 2.43. The van der Waals surface area contributed by atoms with E-state index in [-0.39, 0.29) is 0 Å². The van der Waals surface area contributed by atoms with Crippen LogP contribution < -0.4 is 0 Å². The summed E-state index contributed by atoms with van der Waals surface area (Å²) in [4.78, 5) is 0. The summed E-state index contributed by atoms with van der Waals surface area (Å²) in [6.07, 6.45) is 4.30. The Bertz CT molecular complexity index is 383. The topological polar surface area (TPSA) is 20.2 Å². The molecule has 1 saturated carbocycles. The van der Waals surface area contributed by atoms with Crippen LogP contribution in [0.1, 0.15) is 51.2 Å². The van der Waals surface area contributed by atoms with E-state index in [4.69, 9.17) is 0 Å². The van der Waals surface area contributed by atoms with Crippen molar-refractivity contribution < 1.29 is 5.11 Å². The van der Waals surface area contributed by atoms with Crippen LogP contribution >= 0.6 is 0 Å². The highest BCUT2D eigenvalue weighted by Gasteiger charge is 2.39. The maximum absolute atomic E-state index is 10.8. The third kappa shape index (κ3) is 2.55. The van der Waals surface area contributed by atoms with Gasteiger partial charge in [0, 0.05) is 0 Å². The number of hydrogen-bond acceptors (Lipinski definition) is 1. The van der Waals surface area contributed by atoms with E-state index < -0.39 is 5.60 Å². The molecule has 1 fully saturated rings. The molecule has 0 saturated heterocycles. The van der Waals surface area contributed by atoms with Crippen molar-refractivity contribution >= 4 is 0 Å². The average molecular weight is 232 g/mol. The quantitative estimate of drug-likeness (QED) is 0.838.